The average molecular weight is 229 g/mol. The summed E-state index contributed by atoms with van der Waals surface area (Å²) < 4.78 is 18.4. The highest BCUT2D eigenvalue weighted by Crippen LogP contribution is 2.28. The van der Waals surface area contributed by atoms with Crippen LogP contribution in [-0.4, -0.2) is 29.3 Å². The number of phenolic OH excluding ortho intramolecular Hbond substituents is 1. The van der Waals surface area contributed by atoms with Gasteiger partial charge in [-0.15, -0.1) is 0 Å². The summed E-state index contributed by atoms with van der Waals surface area (Å²) >= 11 is 0. The Balaban J connectivity index is 3.10. The van der Waals surface area contributed by atoms with E-state index in [2.05, 4.69) is 0 Å². The third kappa shape index (κ3) is 2.40. The van der Waals surface area contributed by atoms with E-state index in [-0.39, 0.29) is 17.7 Å². The second-order valence-electron chi connectivity index (χ2n) is 3.23. The fraction of sp³-hybridized carbons (Fsp3) is 0.300. The number of rotatable bonds is 4. The Morgan fingerprint density at radius 3 is 2.75 bits per heavy atom. The van der Waals surface area contributed by atoms with Gasteiger partial charge in [-0.05, 0) is 12.1 Å². The molecule has 1 atom stereocenters. The summed E-state index contributed by atoms with van der Waals surface area (Å²) in [6.45, 7) is 0. The van der Waals surface area contributed by atoms with Crippen LogP contribution in [-0.2, 0) is 11.2 Å². The smallest absolute Gasteiger partial charge is 0.320 e. The highest BCUT2D eigenvalue weighted by molar-refractivity contribution is 5.73. The Morgan fingerprint density at radius 1 is 1.62 bits per heavy atom. The molecule has 0 aliphatic carbocycles. The first kappa shape index (κ1) is 12.3. The van der Waals surface area contributed by atoms with E-state index in [9.17, 15) is 9.18 Å². The monoisotopic (exact) mass is 229 g/mol. The van der Waals surface area contributed by atoms with Gasteiger partial charge in [-0.2, -0.15) is 0 Å². The molecule has 1 rings (SSSR count). The van der Waals surface area contributed by atoms with Crippen molar-refractivity contribution in [1.82, 2.24) is 0 Å². The molecule has 6 heteroatoms. The lowest BCUT2D eigenvalue weighted by molar-refractivity contribution is -0.138. The van der Waals surface area contributed by atoms with Gasteiger partial charge in [0, 0.05) is 12.0 Å². The fourth-order valence-electron chi connectivity index (χ4n) is 1.28. The number of aromatic hydroxyl groups is 1. The lowest BCUT2D eigenvalue weighted by Gasteiger charge is -2.12. The standard InChI is InChI=1S/C10H12FNO4/c1-16-8-3-2-7(13)9(11)5(8)4-6(12)10(14)15/h2-3,6,13H,4,12H2,1H3,(H,14,15). The lowest BCUT2D eigenvalue weighted by atomic mass is 10.0. The van der Waals surface area contributed by atoms with Crippen molar-refractivity contribution in [3.8, 4) is 11.5 Å². The van der Waals surface area contributed by atoms with Crippen LogP contribution in [0, 0.1) is 5.82 Å². The van der Waals surface area contributed by atoms with E-state index >= 15 is 0 Å². The summed E-state index contributed by atoms with van der Waals surface area (Å²) in [7, 11) is 1.32. The van der Waals surface area contributed by atoms with Gasteiger partial charge >= 0.3 is 5.97 Å². The Hall–Kier alpha value is -1.82. The van der Waals surface area contributed by atoms with Crippen molar-refractivity contribution >= 4 is 5.97 Å². The van der Waals surface area contributed by atoms with Gasteiger partial charge in [-0.25, -0.2) is 4.39 Å². The van der Waals surface area contributed by atoms with E-state index in [0.29, 0.717) is 0 Å². The molecule has 0 spiro atoms. The quantitative estimate of drug-likeness (QED) is 0.698. The molecular weight excluding hydrogens is 217 g/mol. The van der Waals surface area contributed by atoms with Crippen LogP contribution in [0.4, 0.5) is 4.39 Å². The molecule has 5 nitrogen and oxygen atoms in total. The van der Waals surface area contributed by atoms with Crippen LogP contribution in [0.2, 0.25) is 0 Å². The normalized spacial score (nSPS) is 12.2. The molecule has 4 N–H and O–H groups in total. The number of hydrogen-bond donors (Lipinski definition) is 3. The van der Waals surface area contributed by atoms with Gasteiger partial charge < -0.3 is 20.7 Å². The molecule has 0 aliphatic heterocycles. The van der Waals surface area contributed by atoms with Crippen molar-refractivity contribution in [2.45, 2.75) is 12.5 Å². The van der Waals surface area contributed by atoms with Gasteiger partial charge in [0.15, 0.2) is 11.6 Å². The summed E-state index contributed by atoms with van der Waals surface area (Å²) in [5.41, 5.74) is 5.24. The first-order valence-electron chi connectivity index (χ1n) is 4.50. The lowest BCUT2D eigenvalue weighted by Crippen LogP contribution is -2.32. The largest absolute Gasteiger partial charge is 0.505 e. The van der Waals surface area contributed by atoms with Crippen LogP contribution in [0.5, 0.6) is 11.5 Å². The Bertz CT molecular complexity index is 408. The molecule has 0 heterocycles. The summed E-state index contributed by atoms with van der Waals surface area (Å²) in [4.78, 5) is 10.5. The van der Waals surface area contributed by atoms with Crippen molar-refractivity contribution < 1.29 is 24.1 Å². The average Bonchev–Trinajstić information content (AvgIpc) is 2.25. The molecular formula is C10H12FNO4. The molecule has 0 saturated carbocycles. The maximum atomic E-state index is 13.5. The van der Waals surface area contributed by atoms with Crippen molar-refractivity contribution in [1.29, 1.82) is 0 Å². The molecule has 0 aromatic heterocycles. The van der Waals surface area contributed by atoms with Gasteiger partial charge in [0.2, 0.25) is 0 Å². The molecule has 1 unspecified atom stereocenters. The van der Waals surface area contributed by atoms with E-state index in [1.165, 1.54) is 13.2 Å². The highest BCUT2D eigenvalue weighted by atomic mass is 19.1. The molecule has 0 fully saturated rings. The van der Waals surface area contributed by atoms with Gasteiger partial charge in [-0.1, -0.05) is 0 Å². The second kappa shape index (κ2) is 4.80. The SMILES string of the molecule is COc1ccc(O)c(F)c1CC(N)C(=O)O. The van der Waals surface area contributed by atoms with Crippen molar-refractivity contribution in [3.63, 3.8) is 0 Å². The zero-order valence-electron chi connectivity index (χ0n) is 8.61. The molecule has 0 radical (unpaired) electrons. The van der Waals surface area contributed by atoms with Crippen molar-refractivity contribution in [3.05, 3.63) is 23.5 Å². The first-order chi connectivity index (χ1) is 7.47. The number of carboxylic acid groups (broad SMARTS) is 1. The molecule has 0 bridgehead atoms. The molecule has 0 amide bonds. The minimum Gasteiger partial charge on any atom is -0.505 e. The summed E-state index contributed by atoms with van der Waals surface area (Å²) in [5.74, 6) is -2.55. The van der Waals surface area contributed by atoms with E-state index in [1.54, 1.807) is 0 Å². The predicted octanol–water partition coefficient (Wildman–Crippen LogP) is 0.494. The number of methoxy groups -OCH3 is 1. The first-order valence-corrected chi connectivity index (χ1v) is 4.50. The van der Waals surface area contributed by atoms with E-state index in [0.717, 1.165) is 6.07 Å². The molecule has 16 heavy (non-hydrogen) atoms. The predicted molar refractivity (Wildman–Crippen MR) is 53.9 cm³/mol. The Kier molecular flexibility index (Phi) is 3.68. The fourth-order valence-corrected chi connectivity index (χ4v) is 1.28. The zero-order chi connectivity index (χ0) is 12.3. The third-order valence-corrected chi connectivity index (χ3v) is 2.14. The maximum absolute atomic E-state index is 13.5. The van der Waals surface area contributed by atoms with E-state index in [1.807, 2.05) is 0 Å². The highest BCUT2D eigenvalue weighted by Gasteiger charge is 2.20. The number of phenols is 1. The van der Waals surface area contributed by atoms with Crippen LogP contribution in [0.25, 0.3) is 0 Å². The number of hydrogen-bond acceptors (Lipinski definition) is 4. The molecule has 1 aromatic carbocycles. The summed E-state index contributed by atoms with van der Waals surface area (Å²) in [5, 5.41) is 17.8. The topological polar surface area (TPSA) is 92.8 Å². The number of ether oxygens (including phenoxy) is 1. The molecule has 0 saturated heterocycles. The van der Waals surface area contributed by atoms with Crippen LogP contribution < -0.4 is 10.5 Å². The van der Waals surface area contributed by atoms with Crippen molar-refractivity contribution in [2.24, 2.45) is 5.73 Å². The Labute approximate surface area is 91.3 Å². The number of nitrogens with two attached hydrogens (primary N) is 1. The van der Waals surface area contributed by atoms with Crippen LogP contribution in [0.15, 0.2) is 12.1 Å². The number of benzene rings is 1. The van der Waals surface area contributed by atoms with E-state index in [4.69, 9.17) is 20.7 Å². The third-order valence-electron chi connectivity index (χ3n) is 2.14. The van der Waals surface area contributed by atoms with Crippen LogP contribution >= 0.6 is 0 Å². The number of carboxylic acids is 1. The maximum Gasteiger partial charge on any atom is 0.320 e. The number of carbonyl (C=O) groups is 1. The zero-order valence-corrected chi connectivity index (χ0v) is 8.61. The molecule has 0 aliphatic rings. The summed E-state index contributed by atoms with van der Waals surface area (Å²) in [6, 6.07) is 1.23. The number of aliphatic carboxylic acids is 1. The van der Waals surface area contributed by atoms with Gasteiger partial charge in [0.05, 0.1) is 7.11 Å². The van der Waals surface area contributed by atoms with Crippen LogP contribution in [0.1, 0.15) is 5.56 Å². The molecule has 1 aromatic rings. The Morgan fingerprint density at radius 2 is 2.25 bits per heavy atom. The van der Waals surface area contributed by atoms with Gasteiger partial charge in [0.1, 0.15) is 11.8 Å². The number of halogens is 1. The van der Waals surface area contributed by atoms with Gasteiger partial charge in [0.25, 0.3) is 0 Å². The van der Waals surface area contributed by atoms with E-state index < -0.39 is 23.6 Å². The summed E-state index contributed by atoms with van der Waals surface area (Å²) in [6.07, 6.45) is -0.251. The minimum absolute atomic E-state index is 0.0441. The molecule has 88 valence electrons. The second-order valence-corrected chi connectivity index (χ2v) is 3.23. The van der Waals surface area contributed by atoms with Crippen LogP contribution in [0.3, 0.4) is 0 Å². The minimum atomic E-state index is -1.25. The van der Waals surface area contributed by atoms with Gasteiger partial charge in [-0.3, -0.25) is 4.79 Å². The van der Waals surface area contributed by atoms with Crippen molar-refractivity contribution in [2.75, 3.05) is 7.11 Å².